The average molecular weight is 446 g/mol. The van der Waals surface area contributed by atoms with Crippen molar-refractivity contribution in [3.63, 3.8) is 0 Å². The summed E-state index contributed by atoms with van der Waals surface area (Å²) in [6.07, 6.45) is -10.3. The van der Waals surface area contributed by atoms with Crippen molar-refractivity contribution < 1.29 is 55.0 Å². The number of carbonyl (C=O) groups is 4. The predicted molar refractivity (Wildman–Crippen MR) is 87.4 cm³/mol. The lowest BCUT2D eigenvalue weighted by atomic mass is 9.71. The summed E-state index contributed by atoms with van der Waals surface area (Å²) in [5, 5.41) is 0. The van der Waals surface area contributed by atoms with Crippen molar-refractivity contribution in [1.29, 1.82) is 0 Å². The second-order valence-electron chi connectivity index (χ2n) is 6.24. The predicted octanol–water partition coefficient (Wildman–Crippen LogP) is 3.48. The first-order valence-corrected chi connectivity index (χ1v) is 8.16. The molecule has 1 aromatic rings. The lowest BCUT2D eigenvalue weighted by Crippen LogP contribution is -2.55. The number of fused-ring (bicyclic) bond motifs is 1. The Kier molecular flexibility index (Phi) is 5.12. The molecule has 6 nitrogen and oxygen atoms in total. The topological polar surface area (TPSA) is 86.7 Å². The number of esters is 4. The molecule has 0 saturated heterocycles. The van der Waals surface area contributed by atoms with Gasteiger partial charge in [0.05, 0.1) is 11.1 Å². The zero-order valence-electron chi connectivity index (χ0n) is 14.8. The van der Waals surface area contributed by atoms with Crippen LogP contribution in [0.5, 0.6) is 0 Å². The van der Waals surface area contributed by atoms with Crippen LogP contribution in [0.4, 0.5) is 26.3 Å². The molecular weight excluding hydrogens is 438 g/mol. The molecule has 0 bridgehead atoms. The van der Waals surface area contributed by atoms with Gasteiger partial charge in [0.15, 0.2) is 0 Å². The summed E-state index contributed by atoms with van der Waals surface area (Å²) >= 11 is 0. The largest absolute Gasteiger partial charge is 0.411 e. The van der Waals surface area contributed by atoms with E-state index in [4.69, 9.17) is 0 Å². The number of rotatable bonds is 2. The molecule has 3 rings (SSSR count). The summed E-state index contributed by atoms with van der Waals surface area (Å²) < 4.78 is 93.5. The van der Waals surface area contributed by atoms with Gasteiger partial charge in [0, 0.05) is 12.2 Å². The standard InChI is InChI=1S/C19H8F6O6/c20-18(21,22)17(19(23,24)25,9-2-1-3-13(26)30-14(27)7-5-9)10-4-6-11-12(8-10)16(29)31-15(11)28/h1-8H/b3-1+,7-5-,9-2+. The second-order valence-corrected chi connectivity index (χ2v) is 6.24. The SMILES string of the molecule is O=C1\C=C/C(C(c2ccc3c(c2)C(=O)OC3=O)(C(F)(F)F)C(F)(F)F)=C\C=C\C(=O)O1. The van der Waals surface area contributed by atoms with Crippen LogP contribution in [0.3, 0.4) is 0 Å². The van der Waals surface area contributed by atoms with Crippen LogP contribution in [0.15, 0.2) is 54.2 Å². The van der Waals surface area contributed by atoms with Crippen molar-refractivity contribution in [2.45, 2.75) is 17.8 Å². The highest BCUT2D eigenvalue weighted by atomic mass is 19.4. The number of cyclic esters (lactones) is 4. The first-order valence-electron chi connectivity index (χ1n) is 8.16. The minimum Gasteiger partial charge on any atom is -0.387 e. The Morgan fingerprint density at radius 1 is 0.677 bits per heavy atom. The second kappa shape index (κ2) is 7.22. The molecule has 0 saturated carbocycles. The van der Waals surface area contributed by atoms with Gasteiger partial charge in [-0.25, -0.2) is 19.2 Å². The molecule has 0 amide bonds. The summed E-state index contributed by atoms with van der Waals surface area (Å²) in [5.41, 5.74) is -8.97. The van der Waals surface area contributed by atoms with Crippen LogP contribution in [0.25, 0.3) is 0 Å². The number of halogens is 6. The van der Waals surface area contributed by atoms with E-state index in [0.29, 0.717) is 30.4 Å². The van der Waals surface area contributed by atoms with E-state index in [-0.39, 0.29) is 18.2 Å². The molecule has 2 aliphatic heterocycles. The van der Waals surface area contributed by atoms with Crippen LogP contribution in [-0.2, 0) is 24.5 Å². The van der Waals surface area contributed by atoms with Crippen molar-refractivity contribution >= 4 is 23.9 Å². The molecule has 12 heteroatoms. The van der Waals surface area contributed by atoms with Gasteiger partial charge < -0.3 is 9.47 Å². The van der Waals surface area contributed by atoms with E-state index in [2.05, 4.69) is 9.47 Å². The fourth-order valence-corrected chi connectivity index (χ4v) is 3.16. The number of benzene rings is 1. The van der Waals surface area contributed by atoms with Gasteiger partial charge in [0.2, 0.25) is 5.41 Å². The van der Waals surface area contributed by atoms with E-state index in [9.17, 15) is 45.5 Å². The van der Waals surface area contributed by atoms with E-state index < -0.39 is 63.9 Å². The van der Waals surface area contributed by atoms with Gasteiger partial charge in [-0.2, -0.15) is 26.3 Å². The highest BCUT2D eigenvalue weighted by Gasteiger charge is 2.73. The Morgan fingerprint density at radius 3 is 1.87 bits per heavy atom. The molecule has 31 heavy (non-hydrogen) atoms. The normalized spacial score (nSPS) is 21.2. The Bertz CT molecular complexity index is 1080. The Morgan fingerprint density at radius 2 is 1.26 bits per heavy atom. The fraction of sp³-hybridized carbons (Fsp3) is 0.158. The molecule has 0 radical (unpaired) electrons. The van der Waals surface area contributed by atoms with Crippen LogP contribution >= 0.6 is 0 Å². The zero-order chi connectivity index (χ0) is 23.2. The number of ether oxygens (including phenoxy) is 2. The van der Waals surface area contributed by atoms with Gasteiger partial charge in [-0.3, -0.25) is 0 Å². The quantitative estimate of drug-likeness (QED) is 0.393. The number of hydrogen-bond donors (Lipinski definition) is 0. The lowest BCUT2D eigenvalue weighted by molar-refractivity contribution is -0.289. The van der Waals surface area contributed by atoms with Crippen molar-refractivity contribution in [2.24, 2.45) is 0 Å². The summed E-state index contributed by atoms with van der Waals surface area (Å²) in [7, 11) is 0. The van der Waals surface area contributed by atoms with Gasteiger partial charge >= 0.3 is 36.2 Å². The summed E-state index contributed by atoms with van der Waals surface area (Å²) in [6, 6.07) is 1.25. The minimum absolute atomic E-state index is 0.211. The van der Waals surface area contributed by atoms with E-state index in [0.717, 1.165) is 0 Å². The molecule has 0 unspecified atom stereocenters. The number of allylic oxidation sites excluding steroid dienone is 4. The van der Waals surface area contributed by atoms with Crippen molar-refractivity contribution in [3.8, 4) is 0 Å². The molecule has 0 aromatic heterocycles. The van der Waals surface area contributed by atoms with E-state index >= 15 is 0 Å². The Labute approximate surface area is 168 Å². The summed E-state index contributed by atoms with van der Waals surface area (Å²) in [4.78, 5) is 46.0. The van der Waals surface area contributed by atoms with Crippen LogP contribution < -0.4 is 0 Å². The monoisotopic (exact) mass is 446 g/mol. The Hall–Kier alpha value is -3.70. The third-order valence-electron chi connectivity index (χ3n) is 4.47. The highest BCUT2D eigenvalue weighted by molar-refractivity contribution is 6.14. The van der Waals surface area contributed by atoms with E-state index in [1.807, 2.05) is 0 Å². The van der Waals surface area contributed by atoms with Crippen LogP contribution in [-0.4, -0.2) is 36.2 Å². The van der Waals surface area contributed by atoms with E-state index in [1.54, 1.807) is 0 Å². The first-order chi connectivity index (χ1) is 14.3. The summed E-state index contributed by atoms with van der Waals surface area (Å²) in [5.74, 6) is -5.44. The molecule has 162 valence electrons. The number of hydrogen-bond acceptors (Lipinski definition) is 6. The molecule has 0 aliphatic carbocycles. The number of carbonyl (C=O) groups excluding carboxylic acids is 4. The van der Waals surface area contributed by atoms with Crippen molar-refractivity contribution in [2.75, 3.05) is 0 Å². The molecular formula is C19H8F6O6. The lowest BCUT2D eigenvalue weighted by Gasteiger charge is -2.39. The third kappa shape index (κ3) is 3.53. The van der Waals surface area contributed by atoms with Crippen molar-refractivity contribution in [3.05, 3.63) is 70.8 Å². The maximum atomic E-state index is 14.2. The van der Waals surface area contributed by atoms with Crippen LogP contribution in [0.2, 0.25) is 0 Å². The fourth-order valence-electron chi connectivity index (χ4n) is 3.16. The maximum Gasteiger partial charge on any atom is 0.411 e. The van der Waals surface area contributed by atoms with Crippen molar-refractivity contribution in [1.82, 2.24) is 0 Å². The third-order valence-corrected chi connectivity index (χ3v) is 4.47. The van der Waals surface area contributed by atoms with Gasteiger partial charge in [0.1, 0.15) is 0 Å². The number of alkyl halides is 6. The smallest absolute Gasteiger partial charge is 0.387 e. The average Bonchev–Trinajstić information content (AvgIpc) is 2.94. The van der Waals surface area contributed by atoms with Crippen LogP contribution in [0.1, 0.15) is 26.3 Å². The van der Waals surface area contributed by atoms with Gasteiger partial charge in [0.25, 0.3) is 0 Å². The molecule has 1 aromatic carbocycles. The first kappa shape index (κ1) is 22.0. The Balaban J connectivity index is 2.38. The maximum absolute atomic E-state index is 14.2. The molecule has 0 fully saturated rings. The summed E-state index contributed by atoms with van der Waals surface area (Å²) in [6.45, 7) is 0. The molecule has 2 aliphatic rings. The highest BCUT2D eigenvalue weighted by Crippen LogP contribution is 2.57. The van der Waals surface area contributed by atoms with Gasteiger partial charge in [-0.15, -0.1) is 0 Å². The molecule has 0 N–H and O–H groups in total. The van der Waals surface area contributed by atoms with Gasteiger partial charge in [-0.05, 0) is 23.3 Å². The zero-order valence-corrected chi connectivity index (χ0v) is 14.8. The van der Waals surface area contributed by atoms with Gasteiger partial charge in [-0.1, -0.05) is 24.3 Å². The minimum atomic E-state index is -6.04. The molecule has 0 atom stereocenters. The molecule has 0 spiro atoms. The van der Waals surface area contributed by atoms with Crippen LogP contribution in [0, 0.1) is 0 Å². The molecule has 2 heterocycles. The van der Waals surface area contributed by atoms with E-state index in [1.165, 1.54) is 0 Å².